The van der Waals surface area contributed by atoms with Crippen LogP contribution in [0.25, 0.3) is 0 Å². The van der Waals surface area contributed by atoms with Gasteiger partial charge in [0.2, 0.25) is 17.7 Å². The van der Waals surface area contributed by atoms with E-state index in [9.17, 15) is 19.2 Å². The van der Waals surface area contributed by atoms with Crippen LogP contribution in [-0.4, -0.2) is 30.2 Å². The van der Waals surface area contributed by atoms with Gasteiger partial charge in [-0.05, 0) is 77.6 Å². The highest BCUT2D eigenvalue weighted by Gasteiger charge is 2.61. The zero-order valence-corrected chi connectivity index (χ0v) is 24.4. The summed E-state index contributed by atoms with van der Waals surface area (Å²) in [6.45, 7) is 4.22. The molecule has 2 bridgehead atoms. The van der Waals surface area contributed by atoms with Crippen molar-refractivity contribution in [2.75, 3.05) is 16.3 Å². The number of benzene rings is 4. The first-order valence-corrected chi connectivity index (χ1v) is 15.1. The minimum Gasteiger partial charge on any atom is -0.426 e. The molecule has 7 nitrogen and oxygen atoms in total. The molecule has 0 aromatic heterocycles. The maximum atomic E-state index is 14.0. The Labute approximate surface area is 255 Å². The quantitative estimate of drug-likeness (QED) is 0.176. The summed E-state index contributed by atoms with van der Waals surface area (Å²) in [5, 5.41) is 0. The lowest BCUT2D eigenvalue weighted by Gasteiger charge is -2.45. The van der Waals surface area contributed by atoms with E-state index in [1.54, 1.807) is 29.2 Å². The van der Waals surface area contributed by atoms with E-state index in [1.807, 2.05) is 56.3 Å². The highest BCUT2D eigenvalue weighted by atomic mass is 16.5. The molecule has 4 aromatic rings. The number of carbonyl (C=O) groups is 4. The molecule has 7 heteroatoms. The normalized spacial score (nSPS) is 24.8. The van der Waals surface area contributed by atoms with Gasteiger partial charge in [0, 0.05) is 30.5 Å². The molecular weight excluding hydrogens is 552 g/mol. The van der Waals surface area contributed by atoms with Gasteiger partial charge in [0.05, 0.1) is 23.4 Å². The highest BCUT2D eigenvalue weighted by molar-refractivity contribution is 6.23. The van der Waals surface area contributed by atoms with Crippen molar-refractivity contribution >= 4 is 35.1 Å². The maximum absolute atomic E-state index is 14.0. The van der Waals surface area contributed by atoms with Crippen LogP contribution in [0.4, 0.5) is 11.4 Å². The summed E-state index contributed by atoms with van der Waals surface area (Å²) in [6.07, 6.45) is 0.0803. The summed E-state index contributed by atoms with van der Waals surface area (Å²) in [5.74, 6) is -2.54. The van der Waals surface area contributed by atoms with Crippen LogP contribution in [-0.2, 0) is 19.2 Å². The van der Waals surface area contributed by atoms with Crippen molar-refractivity contribution < 1.29 is 23.9 Å². The Hall–Kier alpha value is -5.04. The van der Waals surface area contributed by atoms with E-state index in [0.29, 0.717) is 11.4 Å². The fourth-order valence-electron chi connectivity index (χ4n) is 7.92. The average molecular weight is 583 g/mol. The molecule has 2 saturated heterocycles. The van der Waals surface area contributed by atoms with Crippen LogP contribution in [0.3, 0.4) is 0 Å². The zero-order valence-electron chi connectivity index (χ0n) is 24.4. The number of ether oxygens (including phenoxy) is 1. The van der Waals surface area contributed by atoms with Crippen molar-refractivity contribution in [2.24, 2.45) is 17.8 Å². The third-order valence-corrected chi connectivity index (χ3v) is 10.1. The number of amides is 3. The third kappa shape index (κ3) is 3.75. The molecule has 0 radical (unpaired) electrons. The van der Waals surface area contributed by atoms with E-state index >= 15 is 0 Å². The minimum absolute atomic E-state index is 0.0803. The molecule has 218 valence electrons. The van der Waals surface area contributed by atoms with Crippen LogP contribution < -0.4 is 14.5 Å². The molecule has 3 amide bonds. The number of rotatable bonds is 4. The number of hydrogen-bond acceptors (Lipinski definition) is 5. The number of imide groups is 1. The summed E-state index contributed by atoms with van der Waals surface area (Å²) in [5.41, 5.74) is 7.88. The van der Waals surface area contributed by atoms with E-state index in [0.717, 1.165) is 39.1 Å². The van der Waals surface area contributed by atoms with Crippen LogP contribution in [0.2, 0.25) is 0 Å². The third-order valence-electron chi connectivity index (χ3n) is 10.1. The predicted molar refractivity (Wildman–Crippen MR) is 164 cm³/mol. The Balaban J connectivity index is 1.02. The first kappa shape index (κ1) is 26.6. The number of nitrogens with zero attached hydrogens (tertiary/aromatic N) is 2. The lowest BCUT2D eigenvalue weighted by Crippen LogP contribution is -2.41. The van der Waals surface area contributed by atoms with Crippen molar-refractivity contribution in [1.29, 1.82) is 0 Å². The van der Waals surface area contributed by atoms with Gasteiger partial charge in [-0.2, -0.15) is 0 Å². The predicted octanol–water partition coefficient (Wildman–Crippen LogP) is 5.66. The standard InChI is InChI=1S/C37H30N2O5/c1-20-8-7-13-29(21(20)2)38-19-22(18-30(38)40)37(43)44-24-16-14-23(15-17-24)39-35(41)33-31-25-9-3-4-10-26(25)32(34(33)36(39)42)28-12-6-5-11-27(28)31/h3-17,22,31-34H,18-19H2,1-2H3/t22-,31?,32?,33-,34-/m1/s1. The van der Waals surface area contributed by atoms with Gasteiger partial charge < -0.3 is 9.64 Å². The molecule has 0 unspecified atom stereocenters. The molecule has 2 heterocycles. The molecule has 9 rings (SSSR count). The summed E-state index contributed by atoms with van der Waals surface area (Å²) in [4.78, 5) is 56.9. The number of anilines is 2. The van der Waals surface area contributed by atoms with Gasteiger partial charge in [0.15, 0.2) is 0 Å². The Morgan fingerprint density at radius 2 is 1.25 bits per heavy atom. The van der Waals surface area contributed by atoms with Crippen LogP contribution in [0.5, 0.6) is 5.75 Å². The van der Waals surface area contributed by atoms with Gasteiger partial charge in [-0.3, -0.25) is 19.2 Å². The van der Waals surface area contributed by atoms with E-state index < -0.39 is 23.7 Å². The molecule has 0 N–H and O–H groups in total. The fourth-order valence-corrected chi connectivity index (χ4v) is 7.92. The molecule has 2 fully saturated rings. The van der Waals surface area contributed by atoms with Crippen molar-refractivity contribution in [3.8, 4) is 5.75 Å². The van der Waals surface area contributed by atoms with E-state index in [4.69, 9.17) is 4.74 Å². The molecule has 3 aliphatic carbocycles. The molecule has 0 spiro atoms. The molecular formula is C37H30N2O5. The molecule has 5 aliphatic rings. The van der Waals surface area contributed by atoms with Crippen LogP contribution >= 0.6 is 0 Å². The highest BCUT2D eigenvalue weighted by Crippen LogP contribution is 2.61. The molecule has 0 saturated carbocycles. The summed E-state index contributed by atoms with van der Waals surface area (Å²) in [7, 11) is 0. The van der Waals surface area contributed by atoms with Crippen molar-refractivity contribution in [2.45, 2.75) is 32.1 Å². The summed E-state index contributed by atoms with van der Waals surface area (Å²) in [6, 6.07) is 28.6. The second-order valence-corrected chi connectivity index (χ2v) is 12.3. The van der Waals surface area contributed by atoms with E-state index in [1.165, 1.54) is 4.90 Å². The summed E-state index contributed by atoms with van der Waals surface area (Å²) >= 11 is 0. The van der Waals surface area contributed by atoms with Gasteiger partial charge in [-0.25, -0.2) is 4.90 Å². The largest absolute Gasteiger partial charge is 0.426 e. The van der Waals surface area contributed by atoms with Gasteiger partial charge in [-0.1, -0.05) is 60.7 Å². The molecule has 2 aliphatic heterocycles. The zero-order chi connectivity index (χ0) is 30.3. The fraction of sp³-hybridized carbons (Fsp3) is 0.243. The van der Waals surface area contributed by atoms with E-state index in [-0.39, 0.29) is 42.5 Å². The second kappa shape index (κ2) is 9.74. The SMILES string of the molecule is Cc1cccc(N2C[C@H](C(=O)Oc3ccc(N4C(=O)[C@@H]5C6c7ccccc7C(c7ccccc76)[C@H]5C4=O)cc3)CC2=O)c1C. The molecule has 3 atom stereocenters. The topological polar surface area (TPSA) is 84.0 Å². The van der Waals surface area contributed by atoms with Gasteiger partial charge in [0.25, 0.3) is 0 Å². The number of esters is 1. The van der Waals surface area contributed by atoms with Crippen molar-refractivity contribution in [1.82, 2.24) is 0 Å². The van der Waals surface area contributed by atoms with Gasteiger partial charge in [-0.15, -0.1) is 0 Å². The first-order valence-electron chi connectivity index (χ1n) is 15.1. The molecule has 44 heavy (non-hydrogen) atoms. The van der Waals surface area contributed by atoms with Gasteiger partial charge >= 0.3 is 5.97 Å². The smallest absolute Gasteiger partial charge is 0.316 e. The van der Waals surface area contributed by atoms with Crippen molar-refractivity contribution in [3.63, 3.8) is 0 Å². The Bertz CT molecular complexity index is 1780. The second-order valence-electron chi connectivity index (χ2n) is 12.3. The Morgan fingerprint density at radius 1 is 0.705 bits per heavy atom. The first-order chi connectivity index (χ1) is 21.3. The number of carbonyl (C=O) groups excluding carboxylic acids is 4. The lowest BCUT2D eigenvalue weighted by molar-refractivity contribution is -0.139. The van der Waals surface area contributed by atoms with Crippen LogP contribution in [0.15, 0.2) is 91.0 Å². The average Bonchev–Trinajstić information content (AvgIpc) is 3.55. The number of aryl methyl sites for hydroxylation is 1. The maximum Gasteiger partial charge on any atom is 0.316 e. The van der Waals surface area contributed by atoms with Crippen molar-refractivity contribution in [3.05, 3.63) is 124 Å². The monoisotopic (exact) mass is 582 g/mol. The van der Waals surface area contributed by atoms with Crippen LogP contribution in [0.1, 0.15) is 51.6 Å². The number of hydrogen-bond donors (Lipinski definition) is 0. The van der Waals surface area contributed by atoms with Crippen LogP contribution in [0, 0.1) is 31.6 Å². The lowest BCUT2D eigenvalue weighted by atomic mass is 9.55. The van der Waals surface area contributed by atoms with E-state index in [2.05, 4.69) is 24.3 Å². The Morgan fingerprint density at radius 3 is 1.80 bits per heavy atom. The van der Waals surface area contributed by atoms with Gasteiger partial charge in [0.1, 0.15) is 5.75 Å². The molecule has 4 aromatic carbocycles. The minimum atomic E-state index is -0.592. The Kier molecular flexibility index (Phi) is 5.88. The summed E-state index contributed by atoms with van der Waals surface area (Å²) < 4.78 is 5.67.